The maximum Gasteiger partial charge on any atom is 0.407 e. The largest absolute Gasteiger partial charge is 0.446 e. The molecule has 4 aliphatic carbocycles. The highest BCUT2D eigenvalue weighted by Gasteiger charge is 2.59. The van der Waals surface area contributed by atoms with Crippen LogP contribution in [0, 0.1) is 46.3 Å². The number of nitrogens with two attached hydrogens (primary N) is 1. The first kappa shape index (κ1) is 31.8. The molecule has 8 unspecified atom stereocenters. The first-order chi connectivity index (χ1) is 19.2. The van der Waals surface area contributed by atoms with Crippen LogP contribution in [0.2, 0.25) is 0 Å². The van der Waals surface area contributed by atoms with E-state index in [1.54, 1.807) is 5.57 Å². The maximum atomic E-state index is 12.5. The van der Waals surface area contributed by atoms with Crippen LogP contribution in [0.4, 0.5) is 4.79 Å². The standard InChI is InChI=1S/C34H60N2O4/c1-24(2)7-6-8-25(3)29-11-12-30-28-10-9-26-23-27(13-15-33(26,4)31(28)14-16-34(29,30)5)40-32(37)36-18-20-39-22-21-38-19-17-35/h9,24-25,27-31H,6-8,10-23,35H2,1-5H3,(H,36,37). The SMILES string of the molecule is CC(C)CCCC(C)C1CCC2C3CC=C4CC(OC(=O)NCCOCCOCCN)CCC4(C)C3CCC12C. The predicted molar refractivity (Wildman–Crippen MR) is 162 cm³/mol. The topological polar surface area (TPSA) is 82.8 Å². The lowest BCUT2D eigenvalue weighted by Gasteiger charge is -2.58. The fraction of sp³-hybridized carbons (Fsp3) is 0.912. The summed E-state index contributed by atoms with van der Waals surface area (Å²) in [6.07, 6.45) is 16.3. The van der Waals surface area contributed by atoms with Crippen LogP contribution in [-0.2, 0) is 14.2 Å². The van der Waals surface area contributed by atoms with E-state index in [2.05, 4.69) is 46.0 Å². The molecule has 4 rings (SSSR count). The highest BCUT2D eigenvalue weighted by molar-refractivity contribution is 5.67. The molecule has 4 aliphatic rings. The van der Waals surface area contributed by atoms with E-state index in [4.69, 9.17) is 19.9 Å². The molecular formula is C34H60N2O4. The Hall–Kier alpha value is -1.11. The van der Waals surface area contributed by atoms with Gasteiger partial charge in [0, 0.05) is 19.5 Å². The van der Waals surface area contributed by atoms with Crippen LogP contribution in [0.5, 0.6) is 0 Å². The number of fused-ring (bicyclic) bond motifs is 5. The van der Waals surface area contributed by atoms with Gasteiger partial charge in [0.1, 0.15) is 6.10 Å². The summed E-state index contributed by atoms with van der Waals surface area (Å²) in [6, 6.07) is 0. The van der Waals surface area contributed by atoms with Crippen molar-refractivity contribution in [2.75, 3.05) is 39.5 Å². The molecule has 0 heterocycles. The van der Waals surface area contributed by atoms with Crippen LogP contribution in [0.15, 0.2) is 11.6 Å². The zero-order valence-corrected chi connectivity index (χ0v) is 26.3. The Morgan fingerprint density at radius 1 is 1.00 bits per heavy atom. The van der Waals surface area contributed by atoms with Crippen molar-refractivity contribution in [3.8, 4) is 0 Å². The molecular weight excluding hydrogens is 500 g/mol. The van der Waals surface area contributed by atoms with Crippen molar-refractivity contribution in [2.45, 2.75) is 111 Å². The van der Waals surface area contributed by atoms with E-state index in [1.807, 2.05) is 0 Å². The van der Waals surface area contributed by atoms with Crippen molar-refractivity contribution in [1.82, 2.24) is 5.32 Å². The molecule has 0 aliphatic heterocycles. The Labute approximate surface area is 244 Å². The van der Waals surface area contributed by atoms with Gasteiger partial charge in [-0.05, 0) is 91.3 Å². The molecule has 0 saturated heterocycles. The van der Waals surface area contributed by atoms with Crippen LogP contribution >= 0.6 is 0 Å². The number of allylic oxidation sites excluding steroid dienone is 1. The van der Waals surface area contributed by atoms with Crippen molar-refractivity contribution < 1.29 is 19.0 Å². The quantitative estimate of drug-likeness (QED) is 0.175. The van der Waals surface area contributed by atoms with Crippen molar-refractivity contribution >= 4 is 6.09 Å². The fourth-order valence-electron chi connectivity index (χ4n) is 9.58. The van der Waals surface area contributed by atoms with Crippen LogP contribution in [0.3, 0.4) is 0 Å². The molecule has 0 radical (unpaired) electrons. The van der Waals surface area contributed by atoms with Crippen molar-refractivity contribution in [2.24, 2.45) is 52.1 Å². The van der Waals surface area contributed by atoms with Crippen molar-refractivity contribution in [1.29, 1.82) is 0 Å². The second-order valence-electron chi connectivity index (χ2n) is 14.5. The van der Waals surface area contributed by atoms with Gasteiger partial charge in [-0.1, -0.05) is 65.5 Å². The van der Waals surface area contributed by atoms with E-state index in [0.717, 1.165) is 54.8 Å². The second-order valence-corrected chi connectivity index (χ2v) is 14.5. The van der Waals surface area contributed by atoms with Gasteiger partial charge in [0.2, 0.25) is 0 Å². The minimum atomic E-state index is -0.321. The molecule has 3 fully saturated rings. The molecule has 8 atom stereocenters. The Kier molecular flexibility index (Phi) is 11.4. The third-order valence-corrected chi connectivity index (χ3v) is 11.7. The zero-order chi connectivity index (χ0) is 28.8. The smallest absolute Gasteiger partial charge is 0.407 e. The highest BCUT2D eigenvalue weighted by atomic mass is 16.6. The first-order valence-corrected chi connectivity index (χ1v) is 16.7. The average molecular weight is 561 g/mol. The molecule has 6 heteroatoms. The first-order valence-electron chi connectivity index (χ1n) is 16.7. The summed E-state index contributed by atoms with van der Waals surface area (Å²) < 4.78 is 16.6. The average Bonchev–Trinajstić information content (AvgIpc) is 3.27. The van der Waals surface area contributed by atoms with E-state index in [9.17, 15) is 4.79 Å². The van der Waals surface area contributed by atoms with Crippen LogP contribution in [-0.4, -0.2) is 51.7 Å². The van der Waals surface area contributed by atoms with E-state index in [-0.39, 0.29) is 17.6 Å². The second kappa shape index (κ2) is 14.4. The number of rotatable bonds is 14. The zero-order valence-electron chi connectivity index (χ0n) is 26.3. The highest BCUT2D eigenvalue weighted by Crippen LogP contribution is 2.67. The molecule has 0 aromatic heterocycles. The lowest BCUT2D eigenvalue weighted by Crippen LogP contribution is -2.51. The monoisotopic (exact) mass is 560 g/mol. The lowest BCUT2D eigenvalue weighted by atomic mass is 9.47. The summed E-state index contributed by atoms with van der Waals surface area (Å²) in [5.41, 5.74) is 7.77. The third-order valence-electron chi connectivity index (χ3n) is 11.7. The van der Waals surface area contributed by atoms with Gasteiger partial charge in [-0.15, -0.1) is 0 Å². The summed E-state index contributed by atoms with van der Waals surface area (Å²) in [4.78, 5) is 12.5. The molecule has 6 nitrogen and oxygen atoms in total. The molecule has 0 spiro atoms. The Balaban J connectivity index is 1.26. The third kappa shape index (κ3) is 7.26. The van der Waals surface area contributed by atoms with Gasteiger partial charge < -0.3 is 25.3 Å². The van der Waals surface area contributed by atoms with Gasteiger partial charge >= 0.3 is 6.09 Å². The van der Waals surface area contributed by atoms with Gasteiger partial charge in [-0.3, -0.25) is 0 Å². The number of amides is 1. The molecule has 40 heavy (non-hydrogen) atoms. The van der Waals surface area contributed by atoms with E-state index < -0.39 is 0 Å². The maximum absolute atomic E-state index is 12.5. The predicted octanol–water partition coefficient (Wildman–Crippen LogP) is 7.11. The molecule has 0 aromatic carbocycles. The minimum absolute atomic E-state index is 0.0159. The summed E-state index contributed by atoms with van der Waals surface area (Å²) >= 11 is 0. The summed E-state index contributed by atoms with van der Waals surface area (Å²) in [5.74, 6) is 5.10. The number of nitrogens with one attached hydrogen (secondary N) is 1. The molecule has 3 N–H and O–H groups in total. The Morgan fingerprint density at radius 3 is 2.52 bits per heavy atom. The van der Waals surface area contributed by atoms with E-state index >= 15 is 0 Å². The summed E-state index contributed by atoms with van der Waals surface area (Å²) in [7, 11) is 0. The number of carbonyl (C=O) groups is 1. The number of carbonyl (C=O) groups excluding carboxylic acids is 1. The van der Waals surface area contributed by atoms with Gasteiger partial charge in [-0.25, -0.2) is 4.79 Å². The van der Waals surface area contributed by atoms with Crippen LogP contribution in [0.1, 0.15) is 105 Å². The number of ether oxygens (including phenoxy) is 3. The van der Waals surface area contributed by atoms with Crippen molar-refractivity contribution in [3.63, 3.8) is 0 Å². The number of alkyl carbamates (subject to hydrolysis) is 1. The van der Waals surface area contributed by atoms with Gasteiger partial charge in [0.05, 0.1) is 26.4 Å². The van der Waals surface area contributed by atoms with E-state index in [1.165, 1.54) is 51.4 Å². The van der Waals surface area contributed by atoms with Crippen molar-refractivity contribution in [3.05, 3.63) is 11.6 Å². The molecule has 3 saturated carbocycles. The molecule has 1 amide bonds. The molecule has 0 bridgehead atoms. The van der Waals surface area contributed by atoms with E-state index in [0.29, 0.717) is 44.9 Å². The molecule has 0 aromatic rings. The fourth-order valence-corrected chi connectivity index (χ4v) is 9.58. The van der Waals surface area contributed by atoms with Gasteiger partial charge in [-0.2, -0.15) is 0 Å². The normalized spacial score (nSPS) is 35.9. The van der Waals surface area contributed by atoms with Gasteiger partial charge in [0.25, 0.3) is 0 Å². The van der Waals surface area contributed by atoms with Gasteiger partial charge in [0.15, 0.2) is 0 Å². The van der Waals surface area contributed by atoms with Crippen LogP contribution < -0.4 is 11.1 Å². The summed E-state index contributed by atoms with van der Waals surface area (Å²) in [5, 5.41) is 2.85. The minimum Gasteiger partial charge on any atom is -0.446 e. The Morgan fingerprint density at radius 2 is 1.77 bits per heavy atom. The lowest BCUT2D eigenvalue weighted by molar-refractivity contribution is -0.0581. The number of hydrogen-bond donors (Lipinski definition) is 2. The Bertz CT molecular complexity index is 846. The van der Waals surface area contributed by atoms with Crippen LogP contribution in [0.25, 0.3) is 0 Å². The molecule has 230 valence electrons. The summed E-state index contributed by atoms with van der Waals surface area (Å²) in [6.45, 7) is 15.5. The number of hydrogen-bond acceptors (Lipinski definition) is 5.